The molecule has 122 valence electrons. The third-order valence-corrected chi connectivity index (χ3v) is 4.19. The average molecular weight is 328 g/mol. The maximum absolute atomic E-state index is 12.5. The summed E-state index contributed by atoms with van der Waals surface area (Å²) < 4.78 is 37.6. The van der Waals surface area contributed by atoms with Crippen LogP contribution in [-0.2, 0) is 11.8 Å². The minimum absolute atomic E-state index is 0.471. The van der Waals surface area contributed by atoms with E-state index in [4.69, 9.17) is 0 Å². The van der Waals surface area contributed by atoms with Gasteiger partial charge in [0.15, 0.2) is 0 Å². The standard InChI is InChI=1S/C17H23F3OSi/c1-16(21,12-6-5-7-13-22(2,3)4)14-8-10-15(11-9-14)17(18,19)20/h8-11,21H,5-6,12H2,1-4H3. The van der Waals surface area contributed by atoms with Gasteiger partial charge in [-0.05, 0) is 37.5 Å². The van der Waals surface area contributed by atoms with E-state index in [1.165, 1.54) is 12.1 Å². The van der Waals surface area contributed by atoms with Crippen molar-refractivity contribution in [1.29, 1.82) is 0 Å². The zero-order valence-corrected chi connectivity index (χ0v) is 14.5. The Hall–Kier alpha value is -1.25. The van der Waals surface area contributed by atoms with Crippen LogP contribution in [0.1, 0.15) is 37.3 Å². The van der Waals surface area contributed by atoms with E-state index in [1.807, 2.05) is 0 Å². The predicted molar refractivity (Wildman–Crippen MR) is 86.0 cm³/mol. The minimum Gasteiger partial charge on any atom is -0.385 e. The van der Waals surface area contributed by atoms with Crippen molar-refractivity contribution in [1.82, 2.24) is 0 Å². The highest BCUT2D eigenvalue weighted by Crippen LogP contribution is 2.32. The Balaban J connectivity index is 2.64. The molecule has 0 saturated carbocycles. The van der Waals surface area contributed by atoms with Gasteiger partial charge in [-0.2, -0.15) is 13.2 Å². The molecule has 0 aliphatic carbocycles. The summed E-state index contributed by atoms with van der Waals surface area (Å²) in [5, 5.41) is 10.4. The molecule has 0 fully saturated rings. The fourth-order valence-corrected chi connectivity index (χ4v) is 2.67. The number of alkyl halides is 3. The molecule has 0 spiro atoms. The molecule has 22 heavy (non-hydrogen) atoms. The number of aliphatic hydroxyl groups is 1. The number of hydrogen-bond donors (Lipinski definition) is 1. The molecule has 1 atom stereocenters. The van der Waals surface area contributed by atoms with Crippen molar-refractivity contribution in [3.63, 3.8) is 0 Å². The minimum atomic E-state index is -4.35. The molecule has 5 heteroatoms. The second-order valence-electron chi connectivity index (χ2n) is 6.75. The maximum Gasteiger partial charge on any atom is 0.416 e. The molecule has 0 radical (unpaired) electrons. The van der Waals surface area contributed by atoms with E-state index in [-0.39, 0.29) is 0 Å². The highest BCUT2D eigenvalue weighted by atomic mass is 28.3. The summed E-state index contributed by atoms with van der Waals surface area (Å²) in [6.07, 6.45) is -2.47. The first kappa shape index (κ1) is 18.8. The maximum atomic E-state index is 12.5. The summed E-state index contributed by atoms with van der Waals surface area (Å²) in [5.74, 6) is 3.13. The first-order valence-corrected chi connectivity index (χ1v) is 10.8. The number of unbranched alkanes of at least 4 members (excludes halogenated alkanes) is 1. The first-order chi connectivity index (χ1) is 9.92. The Morgan fingerprint density at radius 2 is 1.55 bits per heavy atom. The van der Waals surface area contributed by atoms with Crippen LogP contribution < -0.4 is 0 Å². The fraction of sp³-hybridized carbons (Fsp3) is 0.529. The van der Waals surface area contributed by atoms with Crippen LogP contribution in [0.2, 0.25) is 19.6 Å². The van der Waals surface area contributed by atoms with Gasteiger partial charge in [-0.25, -0.2) is 0 Å². The summed E-state index contributed by atoms with van der Waals surface area (Å²) in [6.45, 7) is 8.12. The van der Waals surface area contributed by atoms with E-state index < -0.39 is 25.4 Å². The molecule has 0 aliphatic heterocycles. The zero-order chi connectivity index (χ0) is 17.0. The molecular weight excluding hydrogens is 305 g/mol. The Morgan fingerprint density at radius 3 is 2.00 bits per heavy atom. The van der Waals surface area contributed by atoms with Crippen molar-refractivity contribution in [2.24, 2.45) is 0 Å². The number of halogens is 3. The third kappa shape index (κ3) is 6.25. The Bertz CT molecular complexity index is 542. The van der Waals surface area contributed by atoms with Crippen molar-refractivity contribution in [2.45, 2.75) is 57.6 Å². The van der Waals surface area contributed by atoms with Crippen molar-refractivity contribution in [2.75, 3.05) is 0 Å². The van der Waals surface area contributed by atoms with Gasteiger partial charge in [0.25, 0.3) is 0 Å². The van der Waals surface area contributed by atoms with Crippen molar-refractivity contribution in [3.05, 3.63) is 35.4 Å². The summed E-state index contributed by atoms with van der Waals surface area (Å²) in [7, 11) is -1.37. The molecule has 1 aromatic carbocycles. The summed E-state index contributed by atoms with van der Waals surface area (Å²) in [5.41, 5.74) is 1.92. The van der Waals surface area contributed by atoms with Crippen molar-refractivity contribution < 1.29 is 18.3 Å². The molecule has 0 amide bonds. The number of hydrogen-bond acceptors (Lipinski definition) is 1. The van der Waals surface area contributed by atoms with Gasteiger partial charge in [0.05, 0.1) is 11.2 Å². The lowest BCUT2D eigenvalue weighted by atomic mass is 9.90. The van der Waals surface area contributed by atoms with Gasteiger partial charge in [0.1, 0.15) is 8.07 Å². The molecule has 0 heterocycles. The zero-order valence-electron chi connectivity index (χ0n) is 13.5. The largest absolute Gasteiger partial charge is 0.416 e. The monoisotopic (exact) mass is 328 g/mol. The van der Waals surface area contributed by atoms with Gasteiger partial charge in [-0.3, -0.25) is 0 Å². The van der Waals surface area contributed by atoms with Gasteiger partial charge >= 0.3 is 6.18 Å². The highest BCUT2D eigenvalue weighted by Gasteiger charge is 2.31. The average Bonchev–Trinajstić information content (AvgIpc) is 2.36. The smallest absolute Gasteiger partial charge is 0.385 e. The molecule has 1 unspecified atom stereocenters. The molecule has 0 bridgehead atoms. The topological polar surface area (TPSA) is 20.2 Å². The Morgan fingerprint density at radius 1 is 1.05 bits per heavy atom. The van der Waals surface area contributed by atoms with Crippen LogP contribution in [0.25, 0.3) is 0 Å². The lowest BCUT2D eigenvalue weighted by Gasteiger charge is -2.24. The van der Waals surface area contributed by atoms with Gasteiger partial charge in [0.2, 0.25) is 0 Å². The first-order valence-electron chi connectivity index (χ1n) is 7.32. The summed E-state index contributed by atoms with van der Waals surface area (Å²) >= 11 is 0. The summed E-state index contributed by atoms with van der Waals surface area (Å²) in [6, 6.07) is 4.71. The van der Waals surface area contributed by atoms with Crippen LogP contribution in [0.4, 0.5) is 13.2 Å². The Kier molecular flexibility index (Phi) is 5.88. The van der Waals surface area contributed by atoms with Gasteiger partial charge < -0.3 is 5.11 Å². The van der Waals surface area contributed by atoms with E-state index in [0.29, 0.717) is 24.8 Å². The van der Waals surface area contributed by atoms with Crippen LogP contribution in [0.3, 0.4) is 0 Å². The van der Waals surface area contributed by atoms with Crippen molar-refractivity contribution >= 4 is 8.07 Å². The van der Waals surface area contributed by atoms with Crippen LogP contribution in [-0.4, -0.2) is 13.2 Å². The van der Waals surface area contributed by atoms with E-state index >= 15 is 0 Å². The lowest BCUT2D eigenvalue weighted by molar-refractivity contribution is -0.137. The van der Waals surface area contributed by atoms with E-state index in [2.05, 4.69) is 31.1 Å². The van der Waals surface area contributed by atoms with Crippen LogP contribution in [0, 0.1) is 11.5 Å². The second kappa shape index (κ2) is 6.89. The predicted octanol–water partition coefficient (Wildman–Crippen LogP) is 4.96. The third-order valence-electron chi connectivity index (χ3n) is 3.26. The van der Waals surface area contributed by atoms with E-state index in [9.17, 15) is 18.3 Å². The molecule has 0 aliphatic rings. The van der Waals surface area contributed by atoms with E-state index in [1.54, 1.807) is 6.92 Å². The lowest BCUT2D eigenvalue weighted by Crippen LogP contribution is -2.21. The normalized spacial score (nSPS) is 14.9. The van der Waals surface area contributed by atoms with Gasteiger partial charge in [0, 0.05) is 6.42 Å². The van der Waals surface area contributed by atoms with Gasteiger partial charge in [-0.1, -0.05) is 31.8 Å². The molecule has 1 N–H and O–H groups in total. The molecule has 1 nitrogen and oxygen atoms in total. The number of rotatable bonds is 4. The molecular formula is C17H23F3OSi. The van der Waals surface area contributed by atoms with Crippen LogP contribution in [0.15, 0.2) is 24.3 Å². The molecule has 1 aromatic rings. The van der Waals surface area contributed by atoms with Crippen LogP contribution in [0.5, 0.6) is 0 Å². The molecule has 1 rings (SSSR count). The second-order valence-corrected chi connectivity index (χ2v) is 11.5. The van der Waals surface area contributed by atoms with Crippen LogP contribution >= 0.6 is 0 Å². The molecule has 0 aromatic heterocycles. The fourth-order valence-electron chi connectivity index (χ4n) is 2.01. The van der Waals surface area contributed by atoms with E-state index in [0.717, 1.165) is 12.1 Å². The summed E-state index contributed by atoms with van der Waals surface area (Å²) in [4.78, 5) is 0. The Labute approximate surface area is 131 Å². The quantitative estimate of drug-likeness (QED) is 0.470. The van der Waals surface area contributed by atoms with Gasteiger partial charge in [-0.15, -0.1) is 11.5 Å². The SMILES string of the molecule is CC(O)(CCCC#C[Si](C)(C)C)c1ccc(C(F)(F)F)cc1. The van der Waals surface area contributed by atoms with Crippen molar-refractivity contribution in [3.8, 4) is 11.5 Å². The molecule has 0 saturated heterocycles. The highest BCUT2D eigenvalue weighted by molar-refractivity contribution is 6.83. The number of benzene rings is 1.